The van der Waals surface area contributed by atoms with Gasteiger partial charge in [-0.15, -0.1) is 0 Å². The molecule has 0 bridgehead atoms. The summed E-state index contributed by atoms with van der Waals surface area (Å²) in [6.07, 6.45) is -0.424. The van der Waals surface area contributed by atoms with E-state index < -0.39 is 6.10 Å². The van der Waals surface area contributed by atoms with E-state index in [1.807, 2.05) is 18.5 Å². The van der Waals surface area contributed by atoms with Crippen LogP contribution in [0.2, 0.25) is 0 Å². The van der Waals surface area contributed by atoms with E-state index in [0.717, 1.165) is 11.4 Å². The Morgan fingerprint density at radius 1 is 1.36 bits per heavy atom. The van der Waals surface area contributed by atoms with Crippen LogP contribution in [0.25, 0.3) is 0 Å². The predicted octanol–water partition coefficient (Wildman–Crippen LogP) is 0.741. The highest BCUT2D eigenvalue weighted by Crippen LogP contribution is 2.23. The lowest BCUT2D eigenvalue weighted by atomic mass is 10.2. The van der Waals surface area contributed by atoms with Gasteiger partial charge < -0.3 is 9.84 Å². The summed E-state index contributed by atoms with van der Waals surface area (Å²) in [4.78, 5) is 0. The first kappa shape index (κ1) is 9.68. The van der Waals surface area contributed by atoms with Crippen LogP contribution in [-0.4, -0.2) is 34.2 Å². The number of aromatic nitrogens is 2. The molecule has 1 fully saturated rings. The molecule has 1 aromatic rings. The first-order valence-electron chi connectivity index (χ1n) is 4.89. The number of hydrogen-bond donors (Lipinski definition) is 1. The molecule has 14 heavy (non-hydrogen) atoms. The van der Waals surface area contributed by atoms with Crippen molar-refractivity contribution >= 4 is 0 Å². The molecule has 0 aliphatic carbocycles. The highest BCUT2D eigenvalue weighted by molar-refractivity contribution is 5.23. The zero-order chi connectivity index (χ0) is 10.3. The molecule has 0 amide bonds. The number of nitrogens with zero attached hydrogens (tertiary/aromatic N) is 2. The second-order valence-electron chi connectivity index (χ2n) is 3.91. The van der Waals surface area contributed by atoms with Gasteiger partial charge in [0, 0.05) is 5.69 Å². The molecule has 2 rings (SSSR count). The largest absolute Gasteiger partial charge is 0.388 e. The first-order valence-corrected chi connectivity index (χ1v) is 4.89. The maximum Gasteiger partial charge on any atom is 0.104 e. The van der Waals surface area contributed by atoms with Gasteiger partial charge >= 0.3 is 0 Å². The molecule has 0 saturated carbocycles. The lowest BCUT2D eigenvalue weighted by Crippen LogP contribution is -2.24. The third-order valence-electron chi connectivity index (χ3n) is 3.02. The lowest BCUT2D eigenvalue weighted by Gasteiger charge is -2.14. The molecular formula is C10H16N2O2. The van der Waals surface area contributed by atoms with E-state index in [9.17, 15) is 5.11 Å². The molecule has 1 N–H and O–H groups in total. The monoisotopic (exact) mass is 196 g/mol. The van der Waals surface area contributed by atoms with Crippen LogP contribution in [0.1, 0.15) is 23.0 Å². The van der Waals surface area contributed by atoms with Gasteiger partial charge in [-0.1, -0.05) is 0 Å². The van der Waals surface area contributed by atoms with E-state index in [4.69, 9.17) is 4.74 Å². The number of ether oxygens (including phenoxy) is 1. The summed E-state index contributed by atoms with van der Waals surface area (Å²) >= 11 is 0. The van der Waals surface area contributed by atoms with Gasteiger partial charge in [0.05, 0.1) is 18.9 Å². The van der Waals surface area contributed by atoms with Gasteiger partial charge in [-0.2, -0.15) is 5.10 Å². The van der Waals surface area contributed by atoms with Crippen LogP contribution >= 0.6 is 0 Å². The second-order valence-corrected chi connectivity index (χ2v) is 3.91. The van der Waals surface area contributed by atoms with Gasteiger partial charge in [0.1, 0.15) is 12.1 Å². The summed E-state index contributed by atoms with van der Waals surface area (Å²) in [6.45, 7) is 7.04. The zero-order valence-corrected chi connectivity index (χ0v) is 8.82. The van der Waals surface area contributed by atoms with Crippen LogP contribution in [0.15, 0.2) is 0 Å². The van der Waals surface area contributed by atoms with E-state index in [1.54, 1.807) is 0 Å². The molecule has 0 radical (unpaired) electrons. The Bertz CT molecular complexity index is 346. The molecule has 1 unspecified atom stereocenters. The number of hydrogen-bond acceptors (Lipinski definition) is 3. The topological polar surface area (TPSA) is 47.3 Å². The average Bonchev–Trinajstić information content (AvgIpc) is 2.66. The van der Waals surface area contributed by atoms with E-state index in [-0.39, 0.29) is 6.04 Å². The van der Waals surface area contributed by atoms with E-state index in [1.165, 1.54) is 5.56 Å². The summed E-state index contributed by atoms with van der Waals surface area (Å²) in [5.41, 5.74) is 3.35. The molecule has 1 aliphatic heterocycles. The average molecular weight is 196 g/mol. The summed E-state index contributed by atoms with van der Waals surface area (Å²) in [5.74, 6) is 0. The van der Waals surface area contributed by atoms with E-state index >= 15 is 0 Å². The Balaban J connectivity index is 2.36. The molecule has 2 heterocycles. The Morgan fingerprint density at radius 3 is 2.50 bits per heavy atom. The van der Waals surface area contributed by atoms with Gasteiger partial charge in [0.15, 0.2) is 0 Å². The van der Waals surface area contributed by atoms with E-state index in [0.29, 0.717) is 13.2 Å². The van der Waals surface area contributed by atoms with Crippen molar-refractivity contribution in [2.75, 3.05) is 13.2 Å². The Labute approximate surface area is 83.5 Å². The number of aryl methyl sites for hydroxylation is 1. The number of aliphatic hydroxyl groups is 1. The molecule has 4 nitrogen and oxygen atoms in total. The quantitative estimate of drug-likeness (QED) is 0.720. The zero-order valence-electron chi connectivity index (χ0n) is 8.82. The normalized spacial score (nSPS) is 27.1. The van der Waals surface area contributed by atoms with Crippen molar-refractivity contribution in [1.29, 1.82) is 0 Å². The van der Waals surface area contributed by atoms with Crippen molar-refractivity contribution in [2.24, 2.45) is 0 Å². The summed E-state index contributed by atoms with van der Waals surface area (Å²) in [7, 11) is 0. The minimum absolute atomic E-state index is 0.0117. The third-order valence-corrected chi connectivity index (χ3v) is 3.02. The molecule has 0 aromatic carbocycles. The van der Waals surface area contributed by atoms with E-state index in [2.05, 4.69) is 12.0 Å². The minimum Gasteiger partial charge on any atom is -0.388 e. The van der Waals surface area contributed by atoms with Crippen molar-refractivity contribution in [3.05, 3.63) is 17.0 Å². The van der Waals surface area contributed by atoms with Crippen LogP contribution in [0.4, 0.5) is 0 Å². The highest BCUT2D eigenvalue weighted by Gasteiger charge is 2.30. The molecule has 78 valence electrons. The van der Waals surface area contributed by atoms with Crippen molar-refractivity contribution in [3.63, 3.8) is 0 Å². The van der Waals surface area contributed by atoms with Crippen molar-refractivity contribution in [1.82, 2.24) is 9.78 Å². The maximum absolute atomic E-state index is 9.68. The summed E-state index contributed by atoms with van der Waals surface area (Å²) < 4.78 is 7.11. The van der Waals surface area contributed by atoms with Gasteiger partial charge in [-0.3, -0.25) is 4.68 Å². The maximum atomic E-state index is 9.68. The second kappa shape index (κ2) is 3.37. The minimum atomic E-state index is -0.424. The molecule has 4 heteroatoms. The fraction of sp³-hybridized carbons (Fsp3) is 0.700. The molecule has 1 saturated heterocycles. The predicted molar refractivity (Wildman–Crippen MR) is 52.3 cm³/mol. The fourth-order valence-corrected chi connectivity index (χ4v) is 1.83. The molecule has 2 atom stereocenters. The summed E-state index contributed by atoms with van der Waals surface area (Å²) in [6, 6.07) is -0.0117. The Kier molecular flexibility index (Phi) is 2.33. The SMILES string of the molecule is Cc1nn(C2COC[C@H]2O)c(C)c1C. The molecule has 1 aliphatic rings. The van der Waals surface area contributed by atoms with Crippen LogP contribution in [0.5, 0.6) is 0 Å². The lowest BCUT2D eigenvalue weighted by molar-refractivity contribution is 0.117. The number of aliphatic hydroxyl groups excluding tert-OH is 1. The first-order chi connectivity index (χ1) is 6.61. The Hall–Kier alpha value is -0.870. The standard InChI is InChI=1S/C10H16N2O2/c1-6-7(2)11-12(8(6)3)9-4-14-5-10(9)13/h9-10,13H,4-5H2,1-3H3/t9?,10-/m1/s1. The van der Waals surface area contributed by atoms with Gasteiger partial charge in [-0.25, -0.2) is 0 Å². The van der Waals surface area contributed by atoms with Crippen LogP contribution < -0.4 is 0 Å². The summed E-state index contributed by atoms with van der Waals surface area (Å²) in [5, 5.41) is 14.1. The van der Waals surface area contributed by atoms with Crippen LogP contribution in [0.3, 0.4) is 0 Å². The third kappa shape index (κ3) is 1.35. The van der Waals surface area contributed by atoms with Crippen molar-refractivity contribution in [3.8, 4) is 0 Å². The molecular weight excluding hydrogens is 180 g/mol. The van der Waals surface area contributed by atoms with Crippen molar-refractivity contribution in [2.45, 2.75) is 32.9 Å². The fourth-order valence-electron chi connectivity index (χ4n) is 1.83. The smallest absolute Gasteiger partial charge is 0.104 e. The van der Waals surface area contributed by atoms with Gasteiger partial charge in [-0.05, 0) is 26.3 Å². The number of rotatable bonds is 1. The highest BCUT2D eigenvalue weighted by atomic mass is 16.5. The Morgan fingerprint density at radius 2 is 2.07 bits per heavy atom. The van der Waals surface area contributed by atoms with Crippen LogP contribution in [-0.2, 0) is 4.74 Å². The van der Waals surface area contributed by atoms with Gasteiger partial charge in [0.2, 0.25) is 0 Å². The molecule has 0 spiro atoms. The molecule has 1 aromatic heterocycles. The van der Waals surface area contributed by atoms with Crippen molar-refractivity contribution < 1.29 is 9.84 Å². The van der Waals surface area contributed by atoms with Gasteiger partial charge in [0.25, 0.3) is 0 Å². The van der Waals surface area contributed by atoms with Crippen LogP contribution in [0, 0.1) is 20.8 Å².